The Hall–Kier alpha value is -0.770. The van der Waals surface area contributed by atoms with Crippen LogP contribution in [-0.4, -0.2) is 36.6 Å². The molecule has 12 heavy (non-hydrogen) atoms. The van der Waals surface area contributed by atoms with Gasteiger partial charge in [-0.1, -0.05) is 6.92 Å². The molecule has 1 atom stereocenters. The number of likely N-dealkylation sites (N-methyl/N-ethyl adjacent to an activating group) is 1. The average Bonchev–Trinajstić information content (AvgIpc) is 2.03. The van der Waals surface area contributed by atoms with Crippen molar-refractivity contribution in [2.45, 2.75) is 25.8 Å². The summed E-state index contributed by atoms with van der Waals surface area (Å²) in [7, 11) is 0. The van der Waals surface area contributed by atoms with Gasteiger partial charge in [-0.2, -0.15) is 0 Å². The summed E-state index contributed by atoms with van der Waals surface area (Å²) >= 11 is 0. The number of amides is 2. The van der Waals surface area contributed by atoms with Gasteiger partial charge in [-0.25, -0.2) is 4.79 Å². The lowest BCUT2D eigenvalue weighted by Gasteiger charge is -2.31. The molecular weight excluding hydrogens is 154 g/mol. The van der Waals surface area contributed by atoms with E-state index >= 15 is 0 Å². The molecule has 0 aromatic heterocycles. The molecule has 0 spiro atoms. The van der Waals surface area contributed by atoms with E-state index in [0.29, 0.717) is 0 Å². The van der Waals surface area contributed by atoms with Gasteiger partial charge in [0, 0.05) is 12.6 Å². The quantitative estimate of drug-likeness (QED) is 0.621. The molecule has 1 fully saturated rings. The number of hydrogen-bond acceptors (Lipinski definition) is 2. The van der Waals surface area contributed by atoms with E-state index in [1.807, 2.05) is 0 Å². The molecule has 0 saturated carbocycles. The van der Waals surface area contributed by atoms with Crippen LogP contribution in [-0.2, 0) is 0 Å². The minimum absolute atomic E-state index is 0.260. The Labute approximate surface area is 73.1 Å². The van der Waals surface area contributed by atoms with Crippen molar-refractivity contribution in [1.82, 2.24) is 10.2 Å². The molecule has 1 rings (SSSR count). The molecule has 1 heterocycles. The highest BCUT2D eigenvalue weighted by molar-refractivity contribution is 5.71. The van der Waals surface area contributed by atoms with Crippen LogP contribution < -0.4 is 11.1 Å². The largest absolute Gasteiger partial charge is 0.352 e. The highest BCUT2D eigenvalue weighted by atomic mass is 16.2. The van der Waals surface area contributed by atoms with Crippen LogP contribution in [0.4, 0.5) is 4.79 Å². The molecular formula is C8H17N3O. The van der Waals surface area contributed by atoms with Gasteiger partial charge in [0.05, 0.1) is 0 Å². The predicted molar refractivity (Wildman–Crippen MR) is 47.9 cm³/mol. The molecule has 1 aliphatic heterocycles. The molecule has 0 aliphatic carbocycles. The van der Waals surface area contributed by atoms with E-state index in [1.54, 1.807) is 0 Å². The van der Waals surface area contributed by atoms with Crippen LogP contribution >= 0.6 is 0 Å². The van der Waals surface area contributed by atoms with Gasteiger partial charge < -0.3 is 16.0 Å². The first-order chi connectivity index (χ1) is 5.72. The summed E-state index contributed by atoms with van der Waals surface area (Å²) in [6.07, 6.45) is 2.21. The number of hydrogen-bond donors (Lipinski definition) is 2. The van der Waals surface area contributed by atoms with Crippen molar-refractivity contribution in [3.05, 3.63) is 0 Å². The lowest BCUT2D eigenvalue weighted by molar-refractivity contribution is 0.195. The monoisotopic (exact) mass is 171 g/mol. The van der Waals surface area contributed by atoms with Crippen molar-refractivity contribution in [2.24, 2.45) is 5.73 Å². The van der Waals surface area contributed by atoms with E-state index in [9.17, 15) is 4.79 Å². The molecule has 1 aliphatic rings. The Morgan fingerprint density at radius 2 is 2.50 bits per heavy atom. The van der Waals surface area contributed by atoms with Gasteiger partial charge in [-0.3, -0.25) is 0 Å². The molecule has 1 saturated heterocycles. The predicted octanol–water partition coefficient (Wildman–Crippen LogP) is 0.139. The zero-order valence-corrected chi connectivity index (χ0v) is 7.55. The summed E-state index contributed by atoms with van der Waals surface area (Å²) in [6.45, 7) is 5.27. The Morgan fingerprint density at radius 3 is 3.08 bits per heavy atom. The SMILES string of the molecule is CCN1CCCC(NC(N)=O)C1. The number of piperidine rings is 1. The number of rotatable bonds is 2. The lowest BCUT2D eigenvalue weighted by atomic mass is 10.1. The zero-order valence-electron chi connectivity index (χ0n) is 7.55. The van der Waals surface area contributed by atoms with E-state index < -0.39 is 6.03 Å². The van der Waals surface area contributed by atoms with Crippen LogP contribution in [0.1, 0.15) is 19.8 Å². The molecule has 0 aromatic carbocycles. The second kappa shape index (κ2) is 4.30. The topological polar surface area (TPSA) is 58.4 Å². The summed E-state index contributed by atoms with van der Waals surface area (Å²) in [6, 6.07) is -0.144. The number of primary amides is 1. The third kappa shape index (κ3) is 2.70. The molecule has 0 aromatic rings. The van der Waals surface area contributed by atoms with Gasteiger partial charge >= 0.3 is 6.03 Å². The molecule has 4 nitrogen and oxygen atoms in total. The minimum Gasteiger partial charge on any atom is -0.352 e. The summed E-state index contributed by atoms with van der Waals surface area (Å²) in [5.41, 5.74) is 5.04. The number of nitrogens with two attached hydrogens (primary N) is 1. The molecule has 1 unspecified atom stereocenters. The average molecular weight is 171 g/mol. The fourth-order valence-electron chi connectivity index (χ4n) is 1.66. The molecule has 4 heteroatoms. The molecule has 70 valence electrons. The van der Waals surface area contributed by atoms with Gasteiger partial charge in [0.1, 0.15) is 0 Å². The van der Waals surface area contributed by atoms with Gasteiger partial charge in [-0.15, -0.1) is 0 Å². The maximum atomic E-state index is 10.6. The van der Waals surface area contributed by atoms with Crippen LogP contribution in [0.25, 0.3) is 0 Å². The number of nitrogens with zero attached hydrogens (tertiary/aromatic N) is 1. The molecule has 3 N–H and O–H groups in total. The van der Waals surface area contributed by atoms with Crippen molar-refractivity contribution >= 4 is 6.03 Å². The normalized spacial score (nSPS) is 25.2. The first kappa shape index (κ1) is 9.32. The van der Waals surface area contributed by atoms with Crippen LogP contribution in [0, 0.1) is 0 Å². The summed E-state index contributed by atoms with van der Waals surface area (Å²) in [5.74, 6) is 0. The highest BCUT2D eigenvalue weighted by Crippen LogP contribution is 2.08. The number of urea groups is 1. The molecule has 2 amide bonds. The second-order valence-corrected chi connectivity index (χ2v) is 3.24. The maximum absolute atomic E-state index is 10.6. The first-order valence-corrected chi connectivity index (χ1v) is 4.50. The second-order valence-electron chi connectivity index (χ2n) is 3.24. The van der Waals surface area contributed by atoms with Gasteiger partial charge in [-0.05, 0) is 25.9 Å². The van der Waals surface area contributed by atoms with E-state index in [4.69, 9.17) is 5.73 Å². The molecule has 0 bridgehead atoms. The standard InChI is InChI=1S/C8H17N3O/c1-2-11-5-3-4-7(6-11)10-8(9)12/h7H,2-6H2,1H3,(H3,9,10,12). The van der Waals surface area contributed by atoms with Crippen LogP contribution in [0.2, 0.25) is 0 Å². The smallest absolute Gasteiger partial charge is 0.312 e. The number of likely N-dealkylation sites (tertiary alicyclic amines) is 1. The lowest BCUT2D eigenvalue weighted by Crippen LogP contribution is -2.49. The van der Waals surface area contributed by atoms with Crippen LogP contribution in [0.5, 0.6) is 0 Å². The Kier molecular flexibility index (Phi) is 3.34. The maximum Gasteiger partial charge on any atom is 0.312 e. The van der Waals surface area contributed by atoms with E-state index in [2.05, 4.69) is 17.1 Å². The third-order valence-electron chi connectivity index (χ3n) is 2.30. The molecule has 0 radical (unpaired) electrons. The number of carbonyl (C=O) groups is 1. The van der Waals surface area contributed by atoms with Gasteiger partial charge in [0.15, 0.2) is 0 Å². The fraction of sp³-hybridized carbons (Fsp3) is 0.875. The van der Waals surface area contributed by atoms with E-state index in [1.165, 1.54) is 0 Å². The van der Waals surface area contributed by atoms with Gasteiger partial charge in [0.25, 0.3) is 0 Å². The highest BCUT2D eigenvalue weighted by Gasteiger charge is 2.18. The van der Waals surface area contributed by atoms with Crippen LogP contribution in [0.3, 0.4) is 0 Å². The fourth-order valence-corrected chi connectivity index (χ4v) is 1.66. The minimum atomic E-state index is -0.405. The van der Waals surface area contributed by atoms with Crippen molar-refractivity contribution in [2.75, 3.05) is 19.6 Å². The summed E-state index contributed by atoms with van der Waals surface area (Å²) in [4.78, 5) is 12.9. The van der Waals surface area contributed by atoms with Crippen molar-refractivity contribution in [1.29, 1.82) is 0 Å². The Bertz CT molecular complexity index is 160. The first-order valence-electron chi connectivity index (χ1n) is 4.50. The summed E-state index contributed by atoms with van der Waals surface area (Å²) < 4.78 is 0. The third-order valence-corrected chi connectivity index (χ3v) is 2.30. The van der Waals surface area contributed by atoms with E-state index in [0.717, 1.165) is 32.5 Å². The Balaban J connectivity index is 2.30. The number of nitrogens with one attached hydrogen (secondary N) is 1. The zero-order chi connectivity index (χ0) is 8.97. The van der Waals surface area contributed by atoms with Crippen molar-refractivity contribution in [3.63, 3.8) is 0 Å². The van der Waals surface area contributed by atoms with E-state index in [-0.39, 0.29) is 6.04 Å². The van der Waals surface area contributed by atoms with Crippen LogP contribution in [0.15, 0.2) is 0 Å². The van der Waals surface area contributed by atoms with Crippen molar-refractivity contribution < 1.29 is 4.79 Å². The summed E-state index contributed by atoms with van der Waals surface area (Å²) in [5, 5.41) is 2.74. The van der Waals surface area contributed by atoms with Crippen molar-refractivity contribution in [3.8, 4) is 0 Å². The van der Waals surface area contributed by atoms with Gasteiger partial charge in [0.2, 0.25) is 0 Å². The Morgan fingerprint density at radius 1 is 1.75 bits per heavy atom. The number of carbonyl (C=O) groups excluding carboxylic acids is 1.